The van der Waals surface area contributed by atoms with Crippen LogP contribution in [0.1, 0.15) is 32.3 Å². The fourth-order valence-electron chi connectivity index (χ4n) is 1.57. The molecule has 18 heavy (non-hydrogen) atoms. The lowest BCUT2D eigenvalue weighted by atomic mass is 10.1. The lowest BCUT2D eigenvalue weighted by Crippen LogP contribution is -2.15. The third-order valence-corrected chi connectivity index (χ3v) is 2.89. The quantitative estimate of drug-likeness (QED) is 0.361. The molecule has 0 aromatic carbocycles. The van der Waals surface area contributed by atoms with E-state index >= 15 is 0 Å². The molecule has 1 heterocycles. The summed E-state index contributed by atoms with van der Waals surface area (Å²) in [5.41, 5.74) is 5.91. The van der Waals surface area contributed by atoms with Crippen LogP contribution in [-0.2, 0) is 0 Å². The van der Waals surface area contributed by atoms with Crippen LogP contribution in [-0.4, -0.2) is 22.6 Å². The molecule has 0 saturated heterocycles. The molecule has 1 aromatic heterocycles. The zero-order valence-corrected chi connectivity index (χ0v) is 11.3. The molecule has 1 atom stereocenters. The predicted molar refractivity (Wildman–Crippen MR) is 71.3 cm³/mol. The Kier molecular flexibility index (Phi) is 5.71. The van der Waals surface area contributed by atoms with Gasteiger partial charge in [-0.05, 0) is 18.4 Å². The Hall–Kier alpha value is -1.49. The van der Waals surface area contributed by atoms with Crippen LogP contribution >= 0.6 is 11.6 Å². The van der Waals surface area contributed by atoms with Gasteiger partial charge in [0.2, 0.25) is 5.88 Å². The second-order valence-electron chi connectivity index (χ2n) is 4.17. The van der Waals surface area contributed by atoms with Crippen LogP contribution in [0.5, 0.6) is 5.88 Å². The Labute approximate surface area is 112 Å². The molecule has 0 saturated carbocycles. The van der Waals surface area contributed by atoms with Crippen molar-refractivity contribution in [1.82, 2.24) is 4.98 Å². The van der Waals surface area contributed by atoms with E-state index in [1.165, 1.54) is 6.20 Å². The minimum absolute atomic E-state index is 0.0612. The molecule has 0 aliphatic rings. The van der Waals surface area contributed by atoms with Crippen molar-refractivity contribution >= 4 is 17.4 Å². The van der Waals surface area contributed by atoms with Crippen molar-refractivity contribution in [2.75, 3.05) is 6.61 Å². The normalized spacial score (nSPS) is 13.4. The molecule has 6 heteroatoms. The summed E-state index contributed by atoms with van der Waals surface area (Å²) in [6, 6.07) is 1.57. The first-order valence-electron chi connectivity index (χ1n) is 5.85. The third kappa shape index (κ3) is 3.77. The van der Waals surface area contributed by atoms with Crippen LogP contribution in [0.15, 0.2) is 17.4 Å². The first-order chi connectivity index (χ1) is 8.60. The number of amidine groups is 1. The average molecular weight is 272 g/mol. The predicted octanol–water partition coefficient (Wildman–Crippen LogP) is 2.64. The van der Waals surface area contributed by atoms with E-state index in [0.717, 1.165) is 12.8 Å². The van der Waals surface area contributed by atoms with Gasteiger partial charge < -0.3 is 15.7 Å². The Morgan fingerprint density at radius 2 is 2.39 bits per heavy atom. The molecule has 0 radical (unpaired) electrons. The van der Waals surface area contributed by atoms with Crippen LogP contribution in [0.25, 0.3) is 0 Å². The first-order valence-corrected chi connectivity index (χ1v) is 6.23. The summed E-state index contributed by atoms with van der Waals surface area (Å²) >= 11 is 6.08. The van der Waals surface area contributed by atoms with Gasteiger partial charge in [-0.25, -0.2) is 4.98 Å². The van der Waals surface area contributed by atoms with Crippen molar-refractivity contribution in [3.05, 3.63) is 22.8 Å². The number of aromatic nitrogens is 1. The van der Waals surface area contributed by atoms with E-state index in [1.807, 2.05) is 0 Å². The summed E-state index contributed by atoms with van der Waals surface area (Å²) in [7, 11) is 0. The summed E-state index contributed by atoms with van der Waals surface area (Å²) in [4.78, 5) is 4.04. The maximum atomic E-state index is 8.63. The van der Waals surface area contributed by atoms with E-state index in [-0.39, 0.29) is 10.9 Å². The molecule has 1 unspecified atom stereocenters. The number of halogens is 1. The summed E-state index contributed by atoms with van der Waals surface area (Å²) in [6.07, 6.45) is 3.70. The number of pyridine rings is 1. The summed E-state index contributed by atoms with van der Waals surface area (Å²) in [5, 5.41) is 11.8. The van der Waals surface area contributed by atoms with E-state index in [2.05, 4.69) is 24.0 Å². The van der Waals surface area contributed by atoms with Crippen LogP contribution in [0.3, 0.4) is 0 Å². The average Bonchev–Trinajstić information content (AvgIpc) is 2.37. The van der Waals surface area contributed by atoms with Gasteiger partial charge in [0.25, 0.3) is 0 Å². The smallest absolute Gasteiger partial charge is 0.233 e. The largest absolute Gasteiger partial charge is 0.476 e. The van der Waals surface area contributed by atoms with Crippen LogP contribution in [0.2, 0.25) is 5.02 Å². The number of oxime groups is 1. The van der Waals surface area contributed by atoms with Crippen LogP contribution in [0.4, 0.5) is 0 Å². The summed E-state index contributed by atoms with van der Waals surface area (Å²) in [5.74, 6) is 0.679. The van der Waals surface area contributed by atoms with Crippen molar-refractivity contribution in [1.29, 1.82) is 0 Å². The van der Waals surface area contributed by atoms with Gasteiger partial charge in [-0.2, -0.15) is 0 Å². The molecule has 1 rings (SSSR count). The van der Waals surface area contributed by atoms with E-state index < -0.39 is 0 Å². The Morgan fingerprint density at radius 1 is 1.67 bits per heavy atom. The maximum Gasteiger partial charge on any atom is 0.233 e. The first kappa shape index (κ1) is 14.6. The highest BCUT2D eigenvalue weighted by atomic mass is 35.5. The molecule has 0 spiro atoms. The van der Waals surface area contributed by atoms with Crippen molar-refractivity contribution in [2.45, 2.75) is 26.7 Å². The molecule has 1 aromatic rings. The van der Waals surface area contributed by atoms with E-state index in [0.29, 0.717) is 24.0 Å². The molecule has 100 valence electrons. The number of rotatable bonds is 6. The second-order valence-corrected chi connectivity index (χ2v) is 4.55. The van der Waals surface area contributed by atoms with Crippen LogP contribution in [0, 0.1) is 5.92 Å². The highest BCUT2D eigenvalue weighted by molar-refractivity contribution is 6.35. The van der Waals surface area contributed by atoms with Gasteiger partial charge in [-0.15, -0.1) is 0 Å². The monoisotopic (exact) mass is 271 g/mol. The van der Waals surface area contributed by atoms with Crippen molar-refractivity contribution < 1.29 is 9.94 Å². The van der Waals surface area contributed by atoms with Crippen LogP contribution < -0.4 is 10.5 Å². The molecule has 0 amide bonds. The zero-order chi connectivity index (χ0) is 13.5. The van der Waals surface area contributed by atoms with Crippen molar-refractivity contribution in [3.8, 4) is 5.88 Å². The van der Waals surface area contributed by atoms with Gasteiger partial charge in [0, 0.05) is 11.8 Å². The number of hydrogen-bond acceptors (Lipinski definition) is 4. The van der Waals surface area contributed by atoms with Crippen molar-refractivity contribution in [3.63, 3.8) is 0 Å². The lowest BCUT2D eigenvalue weighted by molar-refractivity contribution is 0.243. The Morgan fingerprint density at radius 3 is 3.00 bits per heavy atom. The molecule has 5 nitrogen and oxygen atoms in total. The Balaban J connectivity index is 2.78. The minimum Gasteiger partial charge on any atom is -0.476 e. The Bertz CT molecular complexity index is 424. The van der Waals surface area contributed by atoms with Gasteiger partial charge in [-0.3, -0.25) is 0 Å². The van der Waals surface area contributed by atoms with Gasteiger partial charge in [0.15, 0.2) is 5.84 Å². The summed E-state index contributed by atoms with van der Waals surface area (Å²) in [6.45, 7) is 4.77. The van der Waals surface area contributed by atoms with Gasteiger partial charge >= 0.3 is 0 Å². The molecule has 0 aliphatic heterocycles. The molecule has 0 fully saturated rings. The number of nitrogens with two attached hydrogens (primary N) is 1. The fraction of sp³-hybridized carbons (Fsp3) is 0.500. The molecule has 3 N–H and O–H groups in total. The van der Waals surface area contributed by atoms with E-state index in [1.54, 1.807) is 6.07 Å². The summed E-state index contributed by atoms with van der Waals surface area (Å²) < 4.78 is 5.55. The molecular weight excluding hydrogens is 254 g/mol. The lowest BCUT2D eigenvalue weighted by Gasteiger charge is -2.13. The van der Waals surface area contributed by atoms with E-state index in [9.17, 15) is 0 Å². The maximum absolute atomic E-state index is 8.63. The molecule has 0 bridgehead atoms. The molecule has 0 aliphatic carbocycles. The highest BCUT2D eigenvalue weighted by Crippen LogP contribution is 2.26. The van der Waals surface area contributed by atoms with Gasteiger partial charge in [-0.1, -0.05) is 37.0 Å². The highest BCUT2D eigenvalue weighted by Gasteiger charge is 2.13. The van der Waals surface area contributed by atoms with Gasteiger partial charge in [0.1, 0.15) is 5.02 Å². The molecular formula is C12H18ClN3O2. The van der Waals surface area contributed by atoms with Gasteiger partial charge in [0.05, 0.1) is 6.61 Å². The number of ether oxygens (including phenoxy) is 1. The SMILES string of the molecule is CCCC(C)COc1nccc(/C(N)=N/O)c1Cl. The zero-order valence-electron chi connectivity index (χ0n) is 10.6. The second kappa shape index (κ2) is 7.06. The minimum atomic E-state index is -0.0612. The number of hydrogen-bond donors (Lipinski definition) is 2. The fourth-order valence-corrected chi connectivity index (χ4v) is 1.84. The topological polar surface area (TPSA) is 80.7 Å². The standard InChI is InChI=1S/C12H18ClN3O2/c1-3-4-8(2)7-18-12-10(13)9(5-6-15-12)11(14)16-17/h5-6,8,17H,3-4,7H2,1-2H3,(H2,14,16). The number of nitrogens with zero attached hydrogens (tertiary/aromatic N) is 2. The van der Waals surface area contributed by atoms with E-state index in [4.69, 9.17) is 27.3 Å². The third-order valence-electron chi connectivity index (χ3n) is 2.53. The van der Waals surface area contributed by atoms with Crippen molar-refractivity contribution in [2.24, 2.45) is 16.8 Å².